The van der Waals surface area contributed by atoms with Gasteiger partial charge in [0.05, 0.1) is 9.75 Å². The van der Waals surface area contributed by atoms with Gasteiger partial charge in [0.2, 0.25) is 0 Å². The number of nitro groups is 1. The summed E-state index contributed by atoms with van der Waals surface area (Å²) in [5.41, 5.74) is 0.899. The number of halogens is 1. The third-order valence-corrected chi connectivity index (χ3v) is 3.80. The summed E-state index contributed by atoms with van der Waals surface area (Å²) >= 11 is 3.49. The molecule has 0 aliphatic rings. The molecule has 21 heavy (non-hydrogen) atoms. The number of rotatable bonds is 5. The van der Waals surface area contributed by atoms with Crippen LogP contribution in [-0.2, 0) is 0 Å². The molecule has 0 radical (unpaired) electrons. The second-order valence-electron chi connectivity index (χ2n) is 4.36. The molecule has 2 aromatic rings. The third kappa shape index (κ3) is 3.88. The van der Waals surface area contributed by atoms with Gasteiger partial charge in [-0.15, -0.1) is 0 Å². The lowest BCUT2D eigenvalue weighted by atomic mass is 10.1. The largest absolute Gasteiger partial charge is 0.350 e. The Hall–Kier alpha value is -2.21. The fourth-order valence-electron chi connectivity index (χ4n) is 1.88. The lowest BCUT2D eigenvalue weighted by Crippen LogP contribution is -2.27. The number of para-hydroxylation sites is 1. The van der Waals surface area contributed by atoms with Gasteiger partial charge in [0, 0.05) is 12.6 Å². The van der Waals surface area contributed by atoms with Crippen LogP contribution < -0.4 is 5.32 Å². The van der Waals surface area contributed by atoms with E-state index >= 15 is 0 Å². The van der Waals surface area contributed by atoms with E-state index in [-0.39, 0.29) is 16.1 Å². The Bertz CT molecular complexity index is 646. The number of carbonyl (C=O) groups excluding carboxylic acids is 1. The first-order valence-corrected chi connectivity index (χ1v) is 7.22. The van der Waals surface area contributed by atoms with Gasteiger partial charge in [-0.25, -0.2) is 0 Å². The zero-order valence-corrected chi connectivity index (χ0v) is 12.6. The van der Waals surface area contributed by atoms with Crippen LogP contribution in [0.2, 0.25) is 0 Å². The van der Waals surface area contributed by atoms with Crippen LogP contribution in [-0.4, -0.2) is 17.4 Å². The van der Waals surface area contributed by atoms with Crippen molar-refractivity contribution in [2.24, 2.45) is 0 Å². The summed E-state index contributed by atoms with van der Waals surface area (Å²) in [7, 11) is 0. The topological polar surface area (TPSA) is 72.2 Å². The predicted molar refractivity (Wildman–Crippen MR) is 83.5 cm³/mol. The third-order valence-electron chi connectivity index (χ3n) is 2.95. The van der Waals surface area contributed by atoms with Gasteiger partial charge in [0.25, 0.3) is 11.6 Å². The van der Waals surface area contributed by atoms with Gasteiger partial charge in [0.1, 0.15) is 5.56 Å². The number of amides is 1. The number of nitrogens with zero attached hydrogens (tertiary/aromatic N) is 1. The minimum Gasteiger partial charge on any atom is -0.350 e. The van der Waals surface area contributed by atoms with E-state index in [2.05, 4.69) is 21.2 Å². The first-order chi connectivity index (χ1) is 10.1. The Balaban J connectivity index is 2.04. The molecule has 108 valence electrons. The highest BCUT2D eigenvalue weighted by molar-refractivity contribution is 9.09. The summed E-state index contributed by atoms with van der Waals surface area (Å²) in [5, 5.41) is 13.6. The normalized spacial score (nSPS) is 11.7. The number of nitrogens with one attached hydrogen (secondary N) is 1. The summed E-state index contributed by atoms with van der Waals surface area (Å²) in [5.74, 6) is -0.456. The maximum Gasteiger partial charge on any atom is 0.282 e. The molecular formula is C15H13BrN2O3. The van der Waals surface area contributed by atoms with E-state index in [0.717, 1.165) is 5.56 Å². The smallest absolute Gasteiger partial charge is 0.282 e. The Morgan fingerprint density at radius 1 is 1.14 bits per heavy atom. The molecule has 0 fully saturated rings. The Morgan fingerprint density at radius 3 is 2.43 bits per heavy atom. The maximum absolute atomic E-state index is 12.1. The van der Waals surface area contributed by atoms with Gasteiger partial charge in [-0.3, -0.25) is 14.9 Å². The van der Waals surface area contributed by atoms with Crippen molar-refractivity contribution in [2.45, 2.75) is 4.83 Å². The van der Waals surface area contributed by atoms with Crippen LogP contribution in [0, 0.1) is 10.1 Å². The summed E-state index contributed by atoms with van der Waals surface area (Å²) in [6.45, 7) is 0.342. The molecule has 0 aromatic heterocycles. The second kappa shape index (κ2) is 6.99. The van der Waals surface area contributed by atoms with Crippen LogP contribution in [0.4, 0.5) is 5.69 Å². The van der Waals surface area contributed by atoms with Crippen LogP contribution in [0.3, 0.4) is 0 Å². The predicted octanol–water partition coefficient (Wildman–Crippen LogP) is 3.46. The van der Waals surface area contributed by atoms with E-state index in [9.17, 15) is 14.9 Å². The maximum atomic E-state index is 12.1. The van der Waals surface area contributed by atoms with Crippen molar-refractivity contribution in [3.63, 3.8) is 0 Å². The molecular weight excluding hydrogens is 336 g/mol. The van der Waals surface area contributed by atoms with Gasteiger partial charge in [0.15, 0.2) is 0 Å². The molecule has 1 amide bonds. The lowest BCUT2D eigenvalue weighted by molar-refractivity contribution is -0.385. The highest BCUT2D eigenvalue weighted by Crippen LogP contribution is 2.22. The first-order valence-electron chi connectivity index (χ1n) is 6.30. The molecule has 0 heterocycles. The van der Waals surface area contributed by atoms with Gasteiger partial charge in [-0.1, -0.05) is 58.4 Å². The highest BCUT2D eigenvalue weighted by atomic mass is 79.9. The molecule has 2 aromatic carbocycles. The summed E-state index contributed by atoms with van der Waals surface area (Å²) < 4.78 is 0. The van der Waals surface area contributed by atoms with Gasteiger partial charge < -0.3 is 5.32 Å². The number of benzene rings is 2. The summed E-state index contributed by atoms with van der Waals surface area (Å²) in [6, 6.07) is 15.5. The monoisotopic (exact) mass is 348 g/mol. The summed E-state index contributed by atoms with van der Waals surface area (Å²) in [6.07, 6.45) is 0. The van der Waals surface area contributed by atoms with Crippen LogP contribution in [0.15, 0.2) is 54.6 Å². The fraction of sp³-hybridized carbons (Fsp3) is 0.133. The number of carbonyl (C=O) groups is 1. The van der Waals surface area contributed by atoms with E-state index in [0.29, 0.717) is 6.54 Å². The average molecular weight is 349 g/mol. The molecule has 6 heteroatoms. The molecule has 1 atom stereocenters. The second-order valence-corrected chi connectivity index (χ2v) is 5.47. The van der Waals surface area contributed by atoms with Crippen LogP contribution in [0.1, 0.15) is 20.7 Å². The van der Waals surface area contributed by atoms with E-state index in [1.807, 2.05) is 30.3 Å². The Labute approximate surface area is 130 Å². The average Bonchev–Trinajstić information content (AvgIpc) is 2.53. The molecule has 0 bridgehead atoms. The number of nitro benzene ring substituents is 1. The van der Waals surface area contributed by atoms with Crippen molar-refractivity contribution < 1.29 is 9.72 Å². The van der Waals surface area contributed by atoms with Gasteiger partial charge >= 0.3 is 0 Å². The standard InChI is InChI=1S/C15H13BrN2O3/c16-13(11-6-2-1-3-7-11)10-17-15(19)12-8-4-5-9-14(12)18(20)21/h1-9,13H,10H2,(H,17,19). The molecule has 0 saturated carbocycles. The highest BCUT2D eigenvalue weighted by Gasteiger charge is 2.19. The van der Waals surface area contributed by atoms with Crippen molar-refractivity contribution in [3.05, 3.63) is 75.8 Å². The number of hydrogen-bond acceptors (Lipinski definition) is 3. The number of alkyl halides is 1. The summed E-state index contributed by atoms with van der Waals surface area (Å²) in [4.78, 5) is 22.4. The van der Waals surface area contributed by atoms with Crippen LogP contribution >= 0.6 is 15.9 Å². The lowest BCUT2D eigenvalue weighted by Gasteiger charge is -2.11. The zero-order valence-electron chi connectivity index (χ0n) is 11.0. The van der Waals surface area contributed by atoms with Crippen molar-refractivity contribution in [1.29, 1.82) is 0 Å². The van der Waals surface area contributed by atoms with E-state index < -0.39 is 10.8 Å². The Morgan fingerprint density at radius 2 is 1.76 bits per heavy atom. The SMILES string of the molecule is O=C(NCC(Br)c1ccccc1)c1ccccc1[N+](=O)[O-]. The molecule has 0 saturated heterocycles. The minimum absolute atomic E-state index is 0.0505. The van der Waals surface area contributed by atoms with Crippen molar-refractivity contribution in [2.75, 3.05) is 6.54 Å². The molecule has 0 aliphatic carbocycles. The van der Waals surface area contributed by atoms with Gasteiger partial charge in [-0.2, -0.15) is 0 Å². The molecule has 2 rings (SSSR count). The van der Waals surface area contributed by atoms with E-state index in [1.54, 1.807) is 6.07 Å². The quantitative estimate of drug-likeness (QED) is 0.510. The van der Waals surface area contributed by atoms with Gasteiger partial charge in [-0.05, 0) is 11.6 Å². The molecule has 5 nitrogen and oxygen atoms in total. The molecule has 1 unspecified atom stereocenters. The Kier molecular flexibility index (Phi) is 5.05. The zero-order chi connectivity index (χ0) is 15.2. The molecule has 1 N–H and O–H groups in total. The molecule has 0 spiro atoms. The minimum atomic E-state index is -0.558. The molecule has 0 aliphatic heterocycles. The van der Waals surface area contributed by atoms with E-state index in [1.165, 1.54) is 18.2 Å². The number of hydrogen-bond donors (Lipinski definition) is 1. The van der Waals surface area contributed by atoms with Crippen molar-refractivity contribution >= 4 is 27.5 Å². The van der Waals surface area contributed by atoms with E-state index in [4.69, 9.17) is 0 Å². The first kappa shape index (κ1) is 15.2. The van der Waals surface area contributed by atoms with Crippen molar-refractivity contribution in [1.82, 2.24) is 5.32 Å². The van der Waals surface area contributed by atoms with Crippen molar-refractivity contribution in [3.8, 4) is 0 Å². The van der Waals surface area contributed by atoms with Crippen LogP contribution in [0.5, 0.6) is 0 Å². The fourth-order valence-corrected chi connectivity index (χ4v) is 2.35. The van der Waals surface area contributed by atoms with Crippen LogP contribution in [0.25, 0.3) is 0 Å².